The second-order valence-electron chi connectivity index (χ2n) is 4.41. The van der Waals surface area contributed by atoms with E-state index in [4.69, 9.17) is 24.7 Å². The predicted octanol–water partition coefficient (Wildman–Crippen LogP) is 1.86. The summed E-state index contributed by atoms with van der Waals surface area (Å²) in [5, 5.41) is 0. The Kier molecular flexibility index (Phi) is 5.44. The third-order valence-corrected chi connectivity index (χ3v) is 2.84. The SMILES string of the molecule is CCCOCCOCC(N)c1ccc2c(c1)OCO2. The molecule has 0 spiro atoms. The van der Waals surface area contributed by atoms with Crippen molar-refractivity contribution in [2.24, 2.45) is 5.73 Å². The highest BCUT2D eigenvalue weighted by molar-refractivity contribution is 5.45. The lowest BCUT2D eigenvalue weighted by Gasteiger charge is -2.13. The normalized spacial score (nSPS) is 14.6. The molecule has 0 saturated carbocycles. The first-order valence-corrected chi connectivity index (χ1v) is 6.62. The highest BCUT2D eigenvalue weighted by Crippen LogP contribution is 2.33. The van der Waals surface area contributed by atoms with Gasteiger partial charge in [0.05, 0.1) is 25.9 Å². The molecule has 0 saturated heterocycles. The minimum atomic E-state index is -0.166. The molecule has 1 aliphatic rings. The van der Waals surface area contributed by atoms with E-state index in [1.165, 1.54) is 0 Å². The standard InChI is InChI=1S/C14H21NO4/c1-2-5-16-6-7-17-9-12(15)11-3-4-13-14(8-11)19-10-18-13/h3-4,8,12H,2,5-7,9-10,15H2,1H3. The van der Waals surface area contributed by atoms with Crippen LogP contribution in [0.15, 0.2) is 18.2 Å². The number of rotatable bonds is 8. The van der Waals surface area contributed by atoms with Crippen molar-refractivity contribution >= 4 is 0 Å². The summed E-state index contributed by atoms with van der Waals surface area (Å²) in [6.45, 7) is 4.78. The van der Waals surface area contributed by atoms with Crippen molar-refractivity contribution in [3.8, 4) is 11.5 Å². The summed E-state index contributed by atoms with van der Waals surface area (Å²) in [5.74, 6) is 1.52. The Balaban J connectivity index is 1.72. The Bertz CT molecular complexity index is 397. The van der Waals surface area contributed by atoms with E-state index in [-0.39, 0.29) is 12.8 Å². The second kappa shape index (κ2) is 7.33. The first-order chi connectivity index (χ1) is 9.31. The van der Waals surface area contributed by atoms with Crippen LogP contribution in [-0.2, 0) is 9.47 Å². The minimum Gasteiger partial charge on any atom is -0.454 e. The van der Waals surface area contributed by atoms with Crippen molar-refractivity contribution in [1.82, 2.24) is 0 Å². The number of hydrogen-bond donors (Lipinski definition) is 1. The molecule has 0 fully saturated rings. The van der Waals surface area contributed by atoms with Crippen LogP contribution in [0.2, 0.25) is 0 Å². The maximum atomic E-state index is 6.07. The maximum absolute atomic E-state index is 6.07. The second-order valence-corrected chi connectivity index (χ2v) is 4.41. The van der Waals surface area contributed by atoms with Crippen LogP contribution >= 0.6 is 0 Å². The van der Waals surface area contributed by atoms with E-state index in [0.29, 0.717) is 19.8 Å². The summed E-state index contributed by atoms with van der Waals surface area (Å²) in [4.78, 5) is 0. The molecule has 0 bridgehead atoms. The van der Waals surface area contributed by atoms with Crippen molar-refractivity contribution in [2.45, 2.75) is 19.4 Å². The molecule has 0 aromatic heterocycles. The van der Waals surface area contributed by atoms with E-state index in [2.05, 4.69) is 6.92 Å². The minimum absolute atomic E-state index is 0.166. The van der Waals surface area contributed by atoms with Gasteiger partial charge >= 0.3 is 0 Å². The van der Waals surface area contributed by atoms with Gasteiger partial charge in [-0.25, -0.2) is 0 Å². The Morgan fingerprint density at radius 3 is 2.79 bits per heavy atom. The van der Waals surface area contributed by atoms with E-state index < -0.39 is 0 Å². The Labute approximate surface area is 113 Å². The highest BCUT2D eigenvalue weighted by Gasteiger charge is 2.15. The van der Waals surface area contributed by atoms with Crippen molar-refractivity contribution in [3.05, 3.63) is 23.8 Å². The lowest BCUT2D eigenvalue weighted by molar-refractivity contribution is 0.0428. The predicted molar refractivity (Wildman–Crippen MR) is 71.4 cm³/mol. The van der Waals surface area contributed by atoms with Gasteiger partial charge in [0.25, 0.3) is 0 Å². The quantitative estimate of drug-likeness (QED) is 0.728. The van der Waals surface area contributed by atoms with Crippen LogP contribution in [0.1, 0.15) is 24.9 Å². The fourth-order valence-corrected chi connectivity index (χ4v) is 1.81. The third kappa shape index (κ3) is 4.09. The van der Waals surface area contributed by atoms with Gasteiger partial charge in [0.1, 0.15) is 0 Å². The molecule has 0 amide bonds. The van der Waals surface area contributed by atoms with Gasteiger partial charge in [-0.1, -0.05) is 13.0 Å². The van der Waals surface area contributed by atoms with E-state index >= 15 is 0 Å². The monoisotopic (exact) mass is 267 g/mol. The molecule has 106 valence electrons. The number of hydrogen-bond acceptors (Lipinski definition) is 5. The highest BCUT2D eigenvalue weighted by atomic mass is 16.7. The molecule has 19 heavy (non-hydrogen) atoms. The van der Waals surface area contributed by atoms with Crippen LogP contribution < -0.4 is 15.2 Å². The molecule has 1 atom stereocenters. The average Bonchev–Trinajstić information content (AvgIpc) is 2.89. The summed E-state index contributed by atoms with van der Waals surface area (Å²) in [6.07, 6.45) is 1.02. The van der Waals surface area contributed by atoms with E-state index in [1.54, 1.807) is 0 Å². The molecule has 5 heteroatoms. The Hall–Kier alpha value is -1.30. The first kappa shape index (κ1) is 14.1. The summed E-state index contributed by atoms with van der Waals surface area (Å²) in [5.41, 5.74) is 7.05. The molecule has 5 nitrogen and oxygen atoms in total. The summed E-state index contributed by atoms with van der Waals surface area (Å²) < 4.78 is 21.4. The molecule has 0 aliphatic carbocycles. The van der Waals surface area contributed by atoms with Crippen LogP contribution in [0, 0.1) is 0 Å². The van der Waals surface area contributed by atoms with Gasteiger partial charge in [-0.05, 0) is 24.1 Å². The van der Waals surface area contributed by atoms with Crippen LogP contribution in [-0.4, -0.2) is 33.2 Å². The smallest absolute Gasteiger partial charge is 0.231 e. The fraction of sp³-hybridized carbons (Fsp3) is 0.571. The number of ether oxygens (including phenoxy) is 4. The van der Waals surface area contributed by atoms with Gasteiger partial charge in [0, 0.05) is 6.61 Å². The van der Waals surface area contributed by atoms with Gasteiger partial charge in [-0.3, -0.25) is 0 Å². The van der Waals surface area contributed by atoms with Gasteiger partial charge in [0.2, 0.25) is 6.79 Å². The average molecular weight is 267 g/mol. The Morgan fingerprint density at radius 2 is 1.95 bits per heavy atom. The van der Waals surface area contributed by atoms with Gasteiger partial charge in [-0.15, -0.1) is 0 Å². The topological polar surface area (TPSA) is 62.9 Å². The molecule has 2 rings (SSSR count). The van der Waals surface area contributed by atoms with E-state index in [9.17, 15) is 0 Å². The zero-order valence-corrected chi connectivity index (χ0v) is 11.3. The Morgan fingerprint density at radius 1 is 1.16 bits per heavy atom. The largest absolute Gasteiger partial charge is 0.454 e. The summed E-state index contributed by atoms with van der Waals surface area (Å²) in [6, 6.07) is 5.56. The molecule has 1 aliphatic heterocycles. The van der Waals surface area contributed by atoms with E-state index in [1.807, 2.05) is 18.2 Å². The molecule has 1 aromatic carbocycles. The summed E-state index contributed by atoms with van der Waals surface area (Å²) in [7, 11) is 0. The zero-order valence-electron chi connectivity index (χ0n) is 11.3. The van der Waals surface area contributed by atoms with E-state index in [0.717, 1.165) is 30.1 Å². The van der Waals surface area contributed by atoms with Crippen molar-refractivity contribution < 1.29 is 18.9 Å². The maximum Gasteiger partial charge on any atom is 0.231 e. The molecule has 1 heterocycles. The van der Waals surface area contributed by atoms with Gasteiger partial charge < -0.3 is 24.7 Å². The van der Waals surface area contributed by atoms with Gasteiger partial charge in [0.15, 0.2) is 11.5 Å². The number of benzene rings is 1. The van der Waals surface area contributed by atoms with Crippen LogP contribution in [0.5, 0.6) is 11.5 Å². The van der Waals surface area contributed by atoms with Crippen molar-refractivity contribution in [2.75, 3.05) is 33.2 Å². The lowest BCUT2D eigenvalue weighted by atomic mass is 10.1. The summed E-state index contributed by atoms with van der Waals surface area (Å²) >= 11 is 0. The van der Waals surface area contributed by atoms with Crippen molar-refractivity contribution in [3.63, 3.8) is 0 Å². The number of nitrogens with two attached hydrogens (primary N) is 1. The third-order valence-electron chi connectivity index (χ3n) is 2.84. The molecular formula is C14H21NO4. The van der Waals surface area contributed by atoms with Crippen LogP contribution in [0.4, 0.5) is 0 Å². The van der Waals surface area contributed by atoms with Crippen molar-refractivity contribution in [1.29, 1.82) is 0 Å². The molecule has 2 N–H and O–H groups in total. The van der Waals surface area contributed by atoms with Gasteiger partial charge in [-0.2, -0.15) is 0 Å². The molecule has 1 unspecified atom stereocenters. The zero-order chi connectivity index (χ0) is 13.5. The van der Waals surface area contributed by atoms with Crippen LogP contribution in [0.3, 0.4) is 0 Å². The molecular weight excluding hydrogens is 246 g/mol. The first-order valence-electron chi connectivity index (χ1n) is 6.62. The molecule has 0 radical (unpaired) electrons. The molecule has 1 aromatic rings. The lowest BCUT2D eigenvalue weighted by Crippen LogP contribution is -2.18. The number of fused-ring (bicyclic) bond motifs is 1. The fourth-order valence-electron chi connectivity index (χ4n) is 1.81. The van der Waals surface area contributed by atoms with Crippen LogP contribution in [0.25, 0.3) is 0 Å².